The lowest BCUT2D eigenvalue weighted by atomic mass is 9.95. The van der Waals surface area contributed by atoms with Crippen LogP contribution in [0.1, 0.15) is 12.5 Å². The zero-order valence-electron chi connectivity index (χ0n) is 18.2. The number of hydrogen-bond acceptors (Lipinski definition) is 4. The smallest absolute Gasteiger partial charge is 0.320 e. The lowest BCUT2D eigenvalue weighted by Gasteiger charge is -2.31. The third-order valence-corrected chi connectivity index (χ3v) is 6.69. The van der Waals surface area contributed by atoms with Gasteiger partial charge in [-0.25, -0.2) is 22.4 Å². The first-order chi connectivity index (χ1) is 15.8. The van der Waals surface area contributed by atoms with Crippen molar-refractivity contribution < 1.29 is 27.1 Å². The summed E-state index contributed by atoms with van der Waals surface area (Å²) in [6, 6.07) is 6.87. The van der Waals surface area contributed by atoms with Crippen molar-refractivity contribution in [3.8, 4) is 16.9 Å². The first kappa shape index (κ1) is 23.7. The first-order valence-electron chi connectivity index (χ1n) is 10.7. The Bertz CT molecular complexity index is 1030. The molecular weight excluding hydrogens is 458 g/mol. The first-order valence-corrected chi connectivity index (χ1v) is 11.6. The summed E-state index contributed by atoms with van der Waals surface area (Å²) in [7, 11) is 1.54. The van der Waals surface area contributed by atoms with Crippen molar-refractivity contribution in [1.29, 1.82) is 0 Å². The summed E-state index contributed by atoms with van der Waals surface area (Å²) in [6.45, 7) is 1.19. The number of ether oxygens (including phenoxy) is 1. The van der Waals surface area contributed by atoms with Crippen molar-refractivity contribution in [1.82, 2.24) is 14.5 Å². The molecule has 2 bridgehead atoms. The fourth-order valence-corrected chi connectivity index (χ4v) is 4.94. The van der Waals surface area contributed by atoms with Crippen LogP contribution in [0.5, 0.6) is 5.75 Å². The topological polar surface area (TPSA) is 44.8 Å². The summed E-state index contributed by atoms with van der Waals surface area (Å²) in [5, 5.41) is 0. The summed E-state index contributed by atoms with van der Waals surface area (Å²) in [5.74, 6) is -1.32. The van der Waals surface area contributed by atoms with Gasteiger partial charge in [0.05, 0.1) is 25.2 Å². The van der Waals surface area contributed by atoms with Crippen LogP contribution in [0, 0.1) is 11.6 Å². The predicted octanol–water partition coefficient (Wildman–Crippen LogP) is 4.56. The molecule has 2 amide bonds. The third kappa shape index (κ3) is 4.77. The number of amides is 2. The van der Waals surface area contributed by atoms with Crippen molar-refractivity contribution in [2.45, 2.75) is 37.1 Å². The fraction of sp³-hybridized carbons (Fsp3) is 0.435. The minimum absolute atomic E-state index is 0.00404. The maximum atomic E-state index is 15.7. The maximum absolute atomic E-state index is 15.7. The second-order valence-electron chi connectivity index (χ2n) is 8.19. The number of alkyl halides is 2. The average molecular weight is 484 g/mol. The molecule has 33 heavy (non-hydrogen) atoms. The monoisotopic (exact) mass is 483 g/mol. The standard InChI is InChI=1S/C23H25F4N3O2S/c1-13(24)33-28-21-18(26)12-30-19(21)11-14-5-3-6-15(20(14)27)16-7-4-8-17(25)22(16)32-10-9-29(2)23(30)31/h3-8,13,18-19,21,28H,9-12H2,1-2H3. The van der Waals surface area contributed by atoms with Crippen LogP contribution in [0.3, 0.4) is 0 Å². The van der Waals surface area contributed by atoms with Gasteiger partial charge in [-0.1, -0.05) is 30.3 Å². The number of benzene rings is 2. The molecule has 1 fully saturated rings. The number of fused-ring (bicyclic) bond motifs is 5. The Morgan fingerprint density at radius 1 is 1.18 bits per heavy atom. The van der Waals surface area contributed by atoms with Crippen LogP contribution in [0.4, 0.5) is 22.4 Å². The molecule has 4 unspecified atom stereocenters. The van der Waals surface area contributed by atoms with Crippen LogP contribution in [-0.2, 0) is 6.42 Å². The van der Waals surface area contributed by atoms with Crippen LogP contribution >= 0.6 is 11.9 Å². The molecular formula is C23H25F4N3O2S. The van der Waals surface area contributed by atoms with Crippen LogP contribution in [0.15, 0.2) is 36.4 Å². The molecule has 10 heteroatoms. The van der Waals surface area contributed by atoms with Gasteiger partial charge in [0.2, 0.25) is 0 Å². The molecule has 178 valence electrons. The highest BCUT2D eigenvalue weighted by Crippen LogP contribution is 2.36. The van der Waals surface area contributed by atoms with Crippen molar-refractivity contribution >= 4 is 18.0 Å². The lowest BCUT2D eigenvalue weighted by molar-refractivity contribution is 0.145. The van der Waals surface area contributed by atoms with Gasteiger partial charge < -0.3 is 14.5 Å². The molecule has 2 aliphatic heterocycles. The SMILES string of the molecule is CC(F)SNC1C(F)CN2C(=O)N(C)CCOc3c(F)cccc3-c3cccc(c3F)CC12. The van der Waals surface area contributed by atoms with Crippen molar-refractivity contribution in [2.75, 3.05) is 26.7 Å². The predicted molar refractivity (Wildman–Crippen MR) is 119 cm³/mol. The highest BCUT2D eigenvalue weighted by molar-refractivity contribution is 7.97. The van der Waals surface area contributed by atoms with Crippen molar-refractivity contribution in [3.05, 3.63) is 53.6 Å². The van der Waals surface area contributed by atoms with E-state index >= 15 is 4.39 Å². The van der Waals surface area contributed by atoms with Gasteiger partial charge in [0.1, 0.15) is 18.6 Å². The quantitative estimate of drug-likeness (QED) is 0.514. The van der Waals surface area contributed by atoms with E-state index in [1.165, 1.54) is 42.0 Å². The van der Waals surface area contributed by atoms with Crippen molar-refractivity contribution in [2.24, 2.45) is 0 Å². The molecule has 1 saturated heterocycles. The number of hydrogen-bond donors (Lipinski definition) is 1. The molecule has 0 aliphatic carbocycles. The third-order valence-electron chi connectivity index (χ3n) is 5.95. The highest BCUT2D eigenvalue weighted by atomic mass is 32.2. The van der Waals surface area contributed by atoms with Gasteiger partial charge in [0, 0.05) is 18.2 Å². The van der Waals surface area contributed by atoms with Crippen LogP contribution in [0.25, 0.3) is 11.1 Å². The molecule has 0 aromatic heterocycles. The number of rotatable bonds is 3. The minimum atomic E-state index is -1.45. The molecule has 5 nitrogen and oxygen atoms in total. The average Bonchev–Trinajstić information content (AvgIpc) is 3.08. The van der Waals surface area contributed by atoms with Gasteiger partial charge in [0.15, 0.2) is 17.1 Å². The molecule has 4 atom stereocenters. The van der Waals surface area contributed by atoms with E-state index in [9.17, 15) is 18.0 Å². The van der Waals surface area contributed by atoms with Gasteiger partial charge in [0.25, 0.3) is 0 Å². The van der Waals surface area contributed by atoms with Gasteiger partial charge in [-0.15, -0.1) is 0 Å². The van der Waals surface area contributed by atoms with E-state index in [2.05, 4.69) is 4.72 Å². The molecule has 0 spiro atoms. The van der Waals surface area contributed by atoms with Crippen LogP contribution in [-0.4, -0.2) is 66.3 Å². The number of carbonyl (C=O) groups excluding carboxylic acids is 1. The number of para-hydroxylation sites is 1. The zero-order chi connectivity index (χ0) is 23.7. The molecule has 0 radical (unpaired) electrons. The number of urea groups is 1. The van der Waals surface area contributed by atoms with Crippen LogP contribution < -0.4 is 9.46 Å². The van der Waals surface area contributed by atoms with Gasteiger partial charge >= 0.3 is 6.03 Å². The van der Waals surface area contributed by atoms with Crippen molar-refractivity contribution in [3.63, 3.8) is 0 Å². The van der Waals surface area contributed by atoms with Crippen LogP contribution in [0.2, 0.25) is 0 Å². The summed E-state index contributed by atoms with van der Waals surface area (Å²) < 4.78 is 67.1. The number of carbonyl (C=O) groups is 1. The fourth-order valence-electron chi connectivity index (χ4n) is 4.29. The molecule has 2 heterocycles. The van der Waals surface area contributed by atoms with E-state index in [1.54, 1.807) is 18.2 Å². The molecule has 0 saturated carbocycles. The number of halogens is 4. The van der Waals surface area contributed by atoms with E-state index in [0.29, 0.717) is 0 Å². The zero-order valence-corrected chi connectivity index (χ0v) is 19.0. The Kier molecular flexibility index (Phi) is 7.04. The Hall–Kier alpha value is -2.46. The van der Waals surface area contributed by atoms with E-state index in [4.69, 9.17) is 4.74 Å². The largest absolute Gasteiger partial charge is 0.488 e. The van der Waals surface area contributed by atoms with Gasteiger partial charge in [-0.05, 0) is 36.9 Å². The molecule has 1 N–H and O–H groups in total. The molecule has 4 rings (SSSR count). The van der Waals surface area contributed by atoms with E-state index in [1.807, 2.05) is 0 Å². The summed E-state index contributed by atoms with van der Waals surface area (Å²) >= 11 is 0.729. The summed E-state index contributed by atoms with van der Waals surface area (Å²) in [6.07, 6.45) is -1.45. The summed E-state index contributed by atoms with van der Waals surface area (Å²) in [5.41, 5.74) is -0.640. The Morgan fingerprint density at radius 2 is 1.91 bits per heavy atom. The maximum Gasteiger partial charge on any atom is 0.320 e. The number of nitrogens with zero attached hydrogens (tertiary/aromatic N) is 2. The normalized spacial score (nSPS) is 24.2. The molecule has 2 aromatic rings. The lowest BCUT2D eigenvalue weighted by Crippen LogP contribution is -2.50. The summed E-state index contributed by atoms with van der Waals surface area (Å²) in [4.78, 5) is 15.8. The molecule has 2 aliphatic rings. The van der Waals surface area contributed by atoms with Gasteiger partial charge in [-0.2, -0.15) is 0 Å². The van der Waals surface area contributed by atoms with E-state index < -0.39 is 41.4 Å². The van der Waals surface area contributed by atoms with E-state index in [-0.39, 0.29) is 48.6 Å². The minimum Gasteiger partial charge on any atom is -0.488 e. The second-order valence-corrected chi connectivity index (χ2v) is 9.31. The van der Waals surface area contributed by atoms with Gasteiger partial charge in [-0.3, -0.25) is 4.72 Å². The second kappa shape index (κ2) is 9.80. The van der Waals surface area contributed by atoms with E-state index in [0.717, 1.165) is 11.9 Å². The number of likely N-dealkylation sites (N-methyl/N-ethyl adjacent to an activating group) is 1. The Labute approximate surface area is 194 Å². The molecule has 2 aromatic carbocycles. The Balaban J connectivity index is 1.79. The number of nitrogens with one attached hydrogen (secondary N) is 1. The Morgan fingerprint density at radius 3 is 2.67 bits per heavy atom. The highest BCUT2D eigenvalue weighted by Gasteiger charge is 2.45.